The van der Waals surface area contributed by atoms with Crippen LogP contribution in [0.1, 0.15) is 19.8 Å². The van der Waals surface area contributed by atoms with Crippen molar-refractivity contribution in [3.05, 3.63) is 24.3 Å². The number of carbonyl (C=O) groups excluding carboxylic acids is 2. The highest BCUT2D eigenvalue weighted by atomic mass is 16.6. The van der Waals surface area contributed by atoms with Crippen molar-refractivity contribution in [1.29, 1.82) is 0 Å². The molecule has 2 aliphatic carbocycles. The Balaban J connectivity index is 1.47. The van der Waals surface area contributed by atoms with Gasteiger partial charge in [-0.15, -0.1) is 0 Å². The molecule has 116 valence electrons. The third-order valence-corrected chi connectivity index (χ3v) is 5.22. The van der Waals surface area contributed by atoms with Crippen LogP contribution in [0.5, 0.6) is 5.75 Å². The van der Waals surface area contributed by atoms with Gasteiger partial charge in [-0.3, -0.25) is 9.59 Å². The molecule has 1 amide bonds. The number of rotatable bonds is 4. The second-order valence-corrected chi connectivity index (χ2v) is 6.37. The lowest BCUT2D eigenvalue weighted by Gasteiger charge is -2.23. The number of anilines is 1. The summed E-state index contributed by atoms with van der Waals surface area (Å²) in [5.74, 6) is 0.625. The molecule has 5 heteroatoms. The van der Waals surface area contributed by atoms with E-state index in [0.717, 1.165) is 24.3 Å². The van der Waals surface area contributed by atoms with Crippen molar-refractivity contribution in [1.82, 2.24) is 0 Å². The Labute approximate surface area is 129 Å². The van der Waals surface area contributed by atoms with Crippen molar-refractivity contribution >= 4 is 17.6 Å². The van der Waals surface area contributed by atoms with Crippen LogP contribution in [-0.2, 0) is 14.3 Å². The van der Waals surface area contributed by atoms with Gasteiger partial charge in [-0.05, 0) is 49.9 Å². The molecule has 5 atom stereocenters. The molecule has 0 spiro atoms. The number of amides is 1. The smallest absolute Gasteiger partial charge is 0.310 e. The molecule has 1 aromatic carbocycles. The van der Waals surface area contributed by atoms with E-state index in [0.29, 0.717) is 6.61 Å². The van der Waals surface area contributed by atoms with Gasteiger partial charge >= 0.3 is 5.97 Å². The van der Waals surface area contributed by atoms with Crippen LogP contribution in [0.2, 0.25) is 0 Å². The molecule has 0 unspecified atom stereocenters. The lowest BCUT2D eigenvalue weighted by Crippen LogP contribution is -2.35. The molecule has 2 saturated carbocycles. The first-order valence-corrected chi connectivity index (χ1v) is 7.91. The molecule has 3 fully saturated rings. The fraction of sp³-hybridized carbons (Fsp3) is 0.529. The monoisotopic (exact) mass is 301 g/mol. The second-order valence-electron chi connectivity index (χ2n) is 6.37. The number of nitrogens with one attached hydrogen (secondary N) is 1. The third-order valence-electron chi connectivity index (χ3n) is 5.22. The van der Waals surface area contributed by atoms with Gasteiger partial charge in [0, 0.05) is 11.6 Å². The number of fused-ring (bicyclic) bond motifs is 1. The number of hydrogen-bond donors (Lipinski definition) is 1. The van der Waals surface area contributed by atoms with Gasteiger partial charge in [0.2, 0.25) is 5.91 Å². The van der Waals surface area contributed by atoms with E-state index in [1.165, 1.54) is 0 Å². The number of esters is 1. The minimum atomic E-state index is -0.234. The summed E-state index contributed by atoms with van der Waals surface area (Å²) >= 11 is 0. The Bertz CT molecular complexity index is 610. The highest BCUT2D eigenvalue weighted by molar-refractivity contribution is 5.97. The summed E-state index contributed by atoms with van der Waals surface area (Å²) in [4.78, 5) is 24.6. The summed E-state index contributed by atoms with van der Waals surface area (Å²) in [7, 11) is 0. The Morgan fingerprint density at radius 3 is 2.82 bits per heavy atom. The third kappa shape index (κ3) is 1.99. The van der Waals surface area contributed by atoms with Crippen molar-refractivity contribution in [2.75, 3.05) is 11.9 Å². The van der Waals surface area contributed by atoms with Crippen LogP contribution in [0.25, 0.3) is 0 Å². The maximum Gasteiger partial charge on any atom is 0.310 e. The minimum Gasteiger partial charge on any atom is -0.494 e. The van der Waals surface area contributed by atoms with Crippen LogP contribution in [0, 0.1) is 23.7 Å². The molecule has 1 aliphatic heterocycles. The van der Waals surface area contributed by atoms with Crippen LogP contribution < -0.4 is 10.1 Å². The van der Waals surface area contributed by atoms with Gasteiger partial charge in [0.15, 0.2) is 0 Å². The molecule has 22 heavy (non-hydrogen) atoms. The predicted octanol–water partition coefficient (Wildman–Crippen LogP) is 2.22. The molecule has 0 radical (unpaired) electrons. The molecule has 3 aliphatic rings. The summed E-state index contributed by atoms with van der Waals surface area (Å²) in [5.41, 5.74) is 0.735. The van der Waals surface area contributed by atoms with Gasteiger partial charge in [0.05, 0.1) is 18.4 Å². The Morgan fingerprint density at radius 1 is 1.32 bits per heavy atom. The second kappa shape index (κ2) is 5.00. The van der Waals surface area contributed by atoms with E-state index in [9.17, 15) is 9.59 Å². The maximum atomic E-state index is 12.6. The predicted molar refractivity (Wildman–Crippen MR) is 79.3 cm³/mol. The van der Waals surface area contributed by atoms with E-state index in [1.54, 1.807) is 0 Å². The molecule has 2 bridgehead atoms. The topological polar surface area (TPSA) is 64.6 Å². The quantitative estimate of drug-likeness (QED) is 0.866. The molecule has 1 aromatic rings. The van der Waals surface area contributed by atoms with Crippen LogP contribution >= 0.6 is 0 Å². The van der Waals surface area contributed by atoms with Gasteiger partial charge in [-0.2, -0.15) is 0 Å². The number of ether oxygens (including phenoxy) is 2. The average Bonchev–Trinajstić information content (AvgIpc) is 3.11. The van der Waals surface area contributed by atoms with Gasteiger partial charge < -0.3 is 14.8 Å². The van der Waals surface area contributed by atoms with Gasteiger partial charge in [-0.25, -0.2) is 0 Å². The molecule has 1 N–H and O–H groups in total. The van der Waals surface area contributed by atoms with Gasteiger partial charge in [0.25, 0.3) is 0 Å². The fourth-order valence-electron chi connectivity index (χ4n) is 4.39. The molecular formula is C17H19NO4. The summed E-state index contributed by atoms with van der Waals surface area (Å²) in [6, 6.07) is 7.32. The zero-order chi connectivity index (χ0) is 15.3. The van der Waals surface area contributed by atoms with E-state index >= 15 is 0 Å². The number of hydrogen-bond acceptors (Lipinski definition) is 4. The molecule has 1 saturated heterocycles. The van der Waals surface area contributed by atoms with Crippen molar-refractivity contribution in [3.63, 3.8) is 0 Å². The zero-order valence-corrected chi connectivity index (χ0v) is 12.5. The number of benzene rings is 1. The van der Waals surface area contributed by atoms with Crippen molar-refractivity contribution in [2.45, 2.75) is 25.9 Å². The fourth-order valence-corrected chi connectivity index (χ4v) is 4.39. The van der Waals surface area contributed by atoms with Crippen molar-refractivity contribution in [2.24, 2.45) is 23.7 Å². The summed E-state index contributed by atoms with van der Waals surface area (Å²) in [6.07, 6.45) is 1.86. The van der Waals surface area contributed by atoms with E-state index in [1.807, 2.05) is 31.2 Å². The SMILES string of the molecule is CCOc1ccc(NC(=O)[C@H]2[C@@H]3C[C@H]4[C@@H]2C(=O)O[C@@H]4C3)cc1. The van der Waals surface area contributed by atoms with Crippen LogP contribution in [0.3, 0.4) is 0 Å². The van der Waals surface area contributed by atoms with Gasteiger partial charge in [0.1, 0.15) is 11.9 Å². The maximum absolute atomic E-state index is 12.6. The van der Waals surface area contributed by atoms with Crippen LogP contribution in [0.15, 0.2) is 24.3 Å². The lowest BCUT2D eigenvalue weighted by molar-refractivity contribution is -0.145. The summed E-state index contributed by atoms with van der Waals surface area (Å²) in [5, 5.41) is 2.94. The molecule has 0 aromatic heterocycles. The molecule has 1 heterocycles. The average molecular weight is 301 g/mol. The highest BCUT2D eigenvalue weighted by Gasteiger charge is 2.63. The minimum absolute atomic E-state index is 0.0565. The summed E-state index contributed by atoms with van der Waals surface area (Å²) in [6.45, 7) is 2.54. The van der Waals surface area contributed by atoms with Crippen LogP contribution in [0.4, 0.5) is 5.69 Å². The number of carbonyl (C=O) groups is 2. The van der Waals surface area contributed by atoms with Crippen molar-refractivity contribution < 1.29 is 19.1 Å². The van der Waals surface area contributed by atoms with E-state index < -0.39 is 0 Å². The van der Waals surface area contributed by atoms with E-state index in [4.69, 9.17) is 9.47 Å². The first-order chi connectivity index (χ1) is 10.7. The zero-order valence-electron chi connectivity index (χ0n) is 12.5. The first kappa shape index (κ1) is 13.6. The van der Waals surface area contributed by atoms with E-state index in [2.05, 4.69) is 5.32 Å². The summed E-state index contributed by atoms with van der Waals surface area (Å²) < 4.78 is 10.8. The van der Waals surface area contributed by atoms with Crippen molar-refractivity contribution in [3.8, 4) is 5.75 Å². The largest absolute Gasteiger partial charge is 0.494 e. The molecule has 5 nitrogen and oxygen atoms in total. The standard InChI is InChI=1S/C17H19NO4/c1-2-21-11-5-3-10(4-6-11)18-16(19)14-9-7-12-13(8-9)22-17(20)15(12)14/h3-6,9,12-15H,2,7-8H2,1H3,(H,18,19)/t9-,12-,13-,14+,15+/m1/s1. The Morgan fingerprint density at radius 2 is 2.09 bits per heavy atom. The Hall–Kier alpha value is -2.04. The lowest BCUT2D eigenvalue weighted by atomic mass is 9.79. The van der Waals surface area contributed by atoms with E-state index in [-0.39, 0.29) is 41.7 Å². The normalized spacial score (nSPS) is 34.6. The Kier molecular flexibility index (Phi) is 3.10. The first-order valence-electron chi connectivity index (χ1n) is 7.91. The molecule has 4 rings (SSSR count). The molecular weight excluding hydrogens is 282 g/mol. The van der Waals surface area contributed by atoms with Crippen LogP contribution in [-0.4, -0.2) is 24.6 Å². The highest BCUT2D eigenvalue weighted by Crippen LogP contribution is 2.57. The van der Waals surface area contributed by atoms with Gasteiger partial charge in [-0.1, -0.05) is 0 Å².